The van der Waals surface area contributed by atoms with Gasteiger partial charge in [0.25, 0.3) is 17.7 Å². The Labute approximate surface area is 349 Å². The molecular formula is C47H49FN6O6. The normalized spacial score (nSPS) is 24.1. The molecule has 0 bridgehead atoms. The number of imide groups is 2. The van der Waals surface area contributed by atoms with E-state index in [9.17, 15) is 28.4 Å². The summed E-state index contributed by atoms with van der Waals surface area (Å²) in [6.07, 6.45) is 3.84. The van der Waals surface area contributed by atoms with Crippen LogP contribution in [0.4, 0.5) is 10.1 Å². The Morgan fingerprint density at radius 1 is 0.850 bits per heavy atom. The molecule has 5 amide bonds. The van der Waals surface area contributed by atoms with Crippen LogP contribution < -0.4 is 20.3 Å². The van der Waals surface area contributed by atoms with E-state index < -0.39 is 46.3 Å². The second-order valence-corrected chi connectivity index (χ2v) is 17.9. The van der Waals surface area contributed by atoms with Crippen molar-refractivity contribution >= 4 is 35.2 Å². The van der Waals surface area contributed by atoms with E-state index in [1.54, 1.807) is 30.3 Å². The lowest BCUT2D eigenvalue weighted by Gasteiger charge is -2.63. The van der Waals surface area contributed by atoms with Crippen LogP contribution in [0.5, 0.6) is 5.75 Å². The van der Waals surface area contributed by atoms with Gasteiger partial charge in [0, 0.05) is 71.2 Å². The van der Waals surface area contributed by atoms with Crippen LogP contribution in [-0.2, 0) is 9.59 Å². The van der Waals surface area contributed by atoms with Gasteiger partial charge in [-0.25, -0.2) is 4.39 Å². The van der Waals surface area contributed by atoms with Crippen molar-refractivity contribution in [3.05, 3.63) is 94.3 Å². The minimum absolute atomic E-state index is 0.0371. The number of likely N-dealkylation sites (tertiary alicyclic amines) is 1. The molecule has 3 aromatic carbocycles. The summed E-state index contributed by atoms with van der Waals surface area (Å²) in [5.74, 6) is 4.63. The van der Waals surface area contributed by atoms with Gasteiger partial charge < -0.3 is 19.9 Å². The van der Waals surface area contributed by atoms with Crippen molar-refractivity contribution in [1.29, 1.82) is 5.26 Å². The first-order valence-electron chi connectivity index (χ1n) is 20.8. The fourth-order valence-electron chi connectivity index (χ4n) is 10.3. The zero-order chi connectivity index (χ0) is 42.5. The van der Waals surface area contributed by atoms with E-state index in [0.29, 0.717) is 22.9 Å². The fourth-order valence-corrected chi connectivity index (χ4v) is 10.3. The van der Waals surface area contributed by atoms with Gasteiger partial charge in [-0.1, -0.05) is 39.5 Å². The Morgan fingerprint density at radius 2 is 1.53 bits per heavy atom. The van der Waals surface area contributed by atoms with Gasteiger partial charge >= 0.3 is 0 Å². The number of rotatable bonds is 7. The SMILES string of the molecule is CC1(C)C(NC(=O)c2ccc(C#CC3CCN(C4CCN(c5ccc6c(c5)C(=O)N(C5CCC(=O)NC5=O)C6=O)CC4)CC3)cc2)C(C)(C)C1Oc1ccc(C#N)c(F)c1. The van der Waals surface area contributed by atoms with E-state index in [1.807, 2.05) is 52.0 Å². The molecule has 3 saturated heterocycles. The van der Waals surface area contributed by atoms with Gasteiger partial charge in [0.15, 0.2) is 0 Å². The lowest BCUT2D eigenvalue weighted by molar-refractivity contribution is -0.164. The number of halogens is 1. The van der Waals surface area contributed by atoms with Crippen LogP contribution >= 0.6 is 0 Å². The maximum Gasteiger partial charge on any atom is 0.262 e. The fraction of sp³-hybridized carbons (Fsp3) is 0.447. The lowest BCUT2D eigenvalue weighted by atomic mass is 9.49. The van der Waals surface area contributed by atoms with Gasteiger partial charge in [-0.05, 0) is 99.8 Å². The number of carbonyl (C=O) groups excluding carboxylic acids is 5. The highest BCUT2D eigenvalue weighted by molar-refractivity contribution is 6.23. The molecule has 0 radical (unpaired) electrons. The smallest absolute Gasteiger partial charge is 0.262 e. The van der Waals surface area contributed by atoms with Gasteiger partial charge in [-0.2, -0.15) is 5.26 Å². The minimum atomic E-state index is -0.980. The number of piperidine rings is 3. The highest BCUT2D eigenvalue weighted by Crippen LogP contribution is 2.55. The van der Waals surface area contributed by atoms with E-state index in [0.717, 1.165) is 68.0 Å². The molecule has 3 aromatic rings. The molecule has 0 aromatic heterocycles. The van der Waals surface area contributed by atoms with Crippen molar-refractivity contribution in [2.45, 2.75) is 90.4 Å². The summed E-state index contributed by atoms with van der Waals surface area (Å²) in [6, 6.07) is 18.0. The topological polar surface area (TPSA) is 152 Å². The van der Waals surface area contributed by atoms with E-state index >= 15 is 0 Å². The Morgan fingerprint density at radius 3 is 2.18 bits per heavy atom. The summed E-state index contributed by atoms with van der Waals surface area (Å²) >= 11 is 0. The van der Waals surface area contributed by atoms with Crippen molar-refractivity contribution in [3.63, 3.8) is 0 Å². The number of hydrogen-bond donors (Lipinski definition) is 2. The summed E-state index contributed by atoms with van der Waals surface area (Å²) in [7, 11) is 0. The molecule has 1 unspecified atom stereocenters. The van der Waals surface area contributed by atoms with Gasteiger partial charge in [-0.15, -0.1) is 0 Å². The predicted octanol–water partition coefficient (Wildman–Crippen LogP) is 5.44. The van der Waals surface area contributed by atoms with E-state index in [4.69, 9.17) is 10.00 Å². The number of amides is 5. The number of carbonyl (C=O) groups is 5. The van der Waals surface area contributed by atoms with E-state index in [1.165, 1.54) is 12.1 Å². The first-order valence-corrected chi connectivity index (χ1v) is 20.8. The van der Waals surface area contributed by atoms with E-state index in [2.05, 4.69) is 32.3 Å². The zero-order valence-corrected chi connectivity index (χ0v) is 34.3. The molecule has 4 fully saturated rings. The summed E-state index contributed by atoms with van der Waals surface area (Å²) in [5, 5.41) is 14.5. The number of nitrogens with zero attached hydrogens (tertiary/aromatic N) is 4. The number of hydrogen-bond acceptors (Lipinski definition) is 9. The number of nitriles is 1. The molecule has 0 spiro atoms. The second-order valence-electron chi connectivity index (χ2n) is 17.9. The van der Waals surface area contributed by atoms with Crippen molar-refractivity contribution in [2.24, 2.45) is 16.7 Å². The van der Waals surface area contributed by atoms with Gasteiger partial charge in [0.1, 0.15) is 29.8 Å². The van der Waals surface area contributed by atoms with Crippen LogP contribution in [-0.4, -0.2) is 89.7 Å². The molecule has 310 valence electrons. The van der Waals surface area contributed by atoms with Crippen molar-refractivity contribution < 1.29 is 33.1 Å². The third-order valence-electron chi connectivity index (χ3n) is 13.3. The summed E-state index contributed by atoms with van der Waals surface area (Å²) < 4.78 is 20.5. The largest absolute Gasteiger partial charge is 0.489 e. The predicted molar refractivity (Wildman–Crippen MR) is 220 cm³/mol. The van der Waals surface area contributed by atoms with Crippen LogP contribution in [0, 0.1) is 45.7 Å². The van der Waals surface area contributed by atoms with E-state index in [-0.39, 0.29) is 47.9 Å². The average Bonchev–Trinajstić information content (AvgIpc) is 3.49. The lowest BCUT2D eigenvalue weighted by Crippen LogP contribution is -2.74. The van der Waals surface area contributed by atoms with Crippen molar-refractivity contribution in [2.75, 3.05) is 31.1 Å². The zero-order valence-electron chi connectivity index (χ0n) is 34.3. The molecule has 1 atom stereocenters. The quantitative estimate of drug-likeness (QED) is 0.235. The molecule has 2 N–H and O–H groups in total. The Balaban J connectivity index is 0.794. The summed E-state index contributed by atoms with van der Waals surface area (Å²) in [5.41, 5.74) is 1.95. The Kier molecular flexibility index (Phi) is 10.8. The third-order valence-corrected chi connectivity index (χ3v) is 13.3. The number of nitrogens with one attached hydrogen (secondary N) is 2. The molecule has 1 saturated carbocycles. The second kappa shape index (κ2) is 15.9. The maximum absolute atomic E-state index is 14.2. The van der Waals surface area contributed by atoms with Crippen LogP contribution in [0.15, 0.2) is 60.7 Å². The Bertz CT molecular complexity index is 2340. The average molecular weight is 813 g/mol. The summed E-state index contributed by atoms with van der Waals surface area (Å²) in [6.45, 7) is 11.7. The maximum atomic E-state index is 14.2. The first kappa shape index (κ1) is 40.7. The standard InChI is InChI=1S/C47H49FN6O6/c1-46(2)44(47(3,4)45(46)60-34-13-11-31(27-49)37(48)26-34)51-40(56)30-9-7-28(8-10-30)5-6-29-17-21-52(22-18-29)32-19-23-53(24-20-32)33-12-14-35-36(25-33)43(59)54(42(35)58)38-15-16-39(55)50-41(38)57/h7-14,25-26,29,32,38,44-45H,15-24H2,1-4H3,(H,51,56)(H,50,55,57). The van der Waals surface area contributed by atoms with Crippen molar-refractivity contribution in [1.82, 2.24) is 20.4 Å². The number of anilines is 1. The van der Waals surface area contributed by atoms with Crippen molar-refractivity contribution in [3.8, 4) is 23.7 Å². The van der Waals surface area contributed by atoms with Gasteiger partial charge in [0.2, 0.25) is 11.8 Å². The minimum Gasteiger partial charge on any atom is -0.489 e. The number of benzene rings is 3. The number of ether oxygens (including phenoxy) is 1. The molecule has 60 heavy (non-hydrogen) atoms. The molecule has 4 heterocycles. The molecule has 1 aliphatic carbocycles. The van der Waals surface area contributed by atoms with Crippen LogP contribution in [0.3, 0.4) is 0 Å². The van der Waals surface area contributed by atoms with Crippen LogP contribution in [0.25, 0.3) is 0 Å². The summed E-state index contributed by atoms with van der Waals surface area (Å²) in [4.78, 5) is 69.8. The monoisotopic (exact) mass is 812 g/mol. The molecule has 8 rings (SSSR count). The molecule has 13 heteroatoms. The third kappa shape index (κ3) is 7.52. The Hall–Kier alpha value is -6.05. The van der Waals surface area contributed by atoms with Crippen LogP contribution in [0.2, 0.25) is 0 Å². The highest BCUT2D eigenvalue weighted by atomic mass is 19.1. The molecule has 4 aliphatic heterocycles. The molecule has 5 aliphatic rings. The molecule has 12 nitrogen and oxygen atoms in total. The highest BCUT2D eigenvalue weighted by Gasteiger charge is 2.64. The van der Waals surface area contributed by atoms with Gasteiger partial charge in [0.05, 0.1) is 16.7 Å². The molecular weight excluding hydrogens is 764 g/mol. The number of fused-ring (bicyclic) bond motifs is 1. The first-order chi connectivity index (χ1) is 28.6. The van der Waals surface area contributed by atoms with Crippen LogP contribution in [0.1, 0.15) is 108 Å². The van der Waals surface area contributed by atoms with Gasteiger partial charge in [-0.3, -0.25) is 34.2 Å².